The van der Waals surface area contributed by atoms with Crippen molar-refractivity contribution in [1.82, 2.24) is 9.55 Å². The van der Waals surface area contributed by atoms with Gasteiger partial charge in [0.05, 0.1) is 17.4 Å². The lowest BCUT2D eigenvalue weighted by Gasteiger charge is -2.01. The Balaban J connectivity index is 2.55. The fraction of sp³-hybridized carbons (Fsp3) is 0.200. The van der Waals surface area contributed by atoms with Gasteiger partial charge in [0, 0.05) is 6.54 Å². The smallest absolute Gasteiger partial charge is 0.237 e. The second-order valence-electron chi connectivity index (χ2n) is 3.33. The second-order valence-corrected chi connectivity index (χ2v) is 3.33. The number of amides is 1. The minimum atomic E-state index is -0.382. The molecule has 4 N–H and O–H groups in total. The fourth-order valence-electron chi connectivity index (χ4n) is 1.61. The van der Waals surface area contributed by atoms with Crippen LogP contribution in [0.25, 0.3) is 11.0 Å². The third-order valence-corrected chi connectivity index (χ3v) is 2.28. The number of para-hydroxylation sites is 1. The van der Waals surface area contributed by atoms with Gasteiger partial charge in [-0.3, -0.25) is 4.79 Å². The van der Waals surface area contributed by atoms with E-state index in [9.17, 15) is 4.79 Å². The molecule has 0 spiro atoms. The zero-order valence-corrected chi connectivity index (χ0v) is 8.18. The maximum absolute atomic E-state index is 10.8. The molecular formula is C10H12N4O. The van der Waals surface area contributed by atoms with Crippen molar-refractivity contribution in [3.8, 4) is 0 Å². The number of hydrogen-bond acceptors (Lipinski definition) is 3. The van der Waals surface area contributed by atoms with Crippen molar-refractivity contribution in [3.05, 3.63) is 30.1 Å². The summed E-state index contributed by atoms with van der Waals surface area (Å²) in [5.74, 6) is -0.382. The minimum Gasteiger partial charge on any atom is -0.368 e. The Morgan fingerprint density at radius 1 is 1.47 bits per heavy atom. The van der Waals surface area contributed by atoms with E-state index in [0.717, 1.165) is 16.6 Å². The average Bonchev–Trinajstić information content (AvgIpc) is 2.61. The quantitative estimate of drug-likeness (QED) is 0.736. The van der Waals surface area contributed by atoms with Crippen LogP contribution in [-0.2, 0) is 17.9 Å². The van der Waals surface area contributed by atoms with E-state index in [1.165, 1.54) is 0 Å². The number of hydrogen-bond donors (Lipinski definition) is 2. The summed E-state index contributed by atoms with van der Waals surface area (Å²) in [7, 11) is 0. The van der Waals surface area contributed by atoms with Gasteiger partial charge >= 0.3 is 0 Å². The highest BCUT2D eigenvalue weighted by Crippen LogP contribution is 2.16. The molecule has 0 unspecified atom stereocenters. The van der Waals surface area contributed by atoms with E-state index in [0.29, 0.717) is 6.54 Å². The highest BCUT2D eigenvalue weighted by Gasteiger charge is 2.07. The first-order valence-corrected chi connectivity index (χ1v) is 4.63. The lowest BCUT2D eigenvalue weighted by atomic mass is 10.2. The first-order valence-electron chi connectivity index (χ1n) is 4.63. The van der Waals surface area contributed by atoms with Crippen molar-refractivity contribution in [2.45, 2.75) is 13.1 Å². The second kappa shape index (κ2) is 3.70. The van der Waals surface area contributed by atoms with Gasteiger partial charge in [-0.2, -0.15) is 0 Å². The van der Waals surface area contributed by atoms with Crippen LogP contribution in [0.1, 0.15) is 5.56 Å². The molecule has 1 heterocycles. The Bertz CT molecular complexity index is 503. The van der Waals surface area contributed by atoms with Crippen LogP contribution in [0.5, 0.6) is 0 Å². The van der Waals surface area contributed by atoms with Gasteiger partial charge in [-0.05, 0) is 11.6 Å². The number of nitrogens with zero attached hydrogens (tertiary/aromatic N) is 2. The number of carbonyl (C=O) groups is 1. The SMILES string of the molecule is NCc1cccc2c1ncn2CC(N)=O. The van der Waals surface area contributed by atoms with E-state index in [4.69, 9.17) is 11.5 Å². The van der Waals surface area contributed by atoms with Gasteiger partial charge in [0.15, 0.2) is 0 Å². The highest BCUT2D eigenvalue weighted by atomic mass is 16.1. The van der Waals surface area contributed by atoms with Crippen LogP contribution < -0.4 is 11.5 Å². The molecule has 0 aliphatic heterocycles. The first kappa shape index (κ1) is 9.67. The molecule has 0 radical (unpaired) electrons. The van der Waals surface area contributed by atoms with Crippen molar-refractivity contribution in [3.63, 3.8) is 0 Å². The van der Waals surface area contributed by atoms with Crippen LogP contribution in [0.2, 0.25) is 0 Å². The summed E-state index contributed by atoms with van der Waals surface area (Å²) in [4.78, 5) is 15.0. The molecular weight excluding hydrogens is 192 g/mol. The molecule has 5 heteroatoms. The Hall–Kier alpha value is -1.88. The van der Waals surface area contributed by atoms with Gasteiger partial charge in [0.2, 0.25) is 5.91 Å². The van der Waals surface area contributed by atoms with E-state index in [1.54, 1.807) is 10.9 Å². The molecule has 0 aliphatic carbocycles. The van der Waals surface area contributed by atoms with Crippen LogP contribution in [0.3, 0.4) is 0 Å². The van der Waals surface area contributed by atoms with E-state index < -0.39 is 0 Å². The number of nitrogens with two attached hydrogens (primary N) is 2. The Labute approximate surface area is 86.7 Å². The van der Waals surface area contributed by atoms with Gasteiger partial charge in [0.1, 0.15) is 6.54 Å². The third-order valence-electron chi connectivity index (χ3n) is 2.28. The molecule has 0 aliphatic rings. The summed E-state index contributed by atoms with van der Waals surface area (Å²) in [6.45, 7) is 0.579. The molecule has 1 aromatic carbocycles. The van der Waals surface area contributed by atoms with Gasteiger partial charge in [0.25, 0.3) is 0 Å². The number of fused-ring (bicyclic) bond motifs is 1. The molecule has 1 aromatic heterocycles. The van der Waals surface area contributed by atoms with E-state index >= 15 is 0 Å². The summed E-state index contributed by atoms with van der Waals surface area (Å²) < 4.78 is 1.72. The van der Waals surface area contributed by atoms with Gasteiger partial charge in [-0.25, -0.2) is 4.98 Å². The van der Waals surface area contributed by atoms with Crippen molar-refractivity contribution >= 4 is 16.9 Å². The van der Waals surface area contributed by atoms with Crippen molar-refractivity contribution in [2.75, 3.05) is 0 Å². The largest absolute Gasteiger partial charge is 0.368 e. The van der Waals surface area contributed by atoms with Crippen molar-refractivity contribution in [1.29, 1.82) is 0 Å². The Morgan fingerprint density at radius 3 is 2.93 bits per heavy atom. The summed E-state index contributed by atoms with van der Waals surface area (Å²) in [6, 6.07) is 5.71. The molecule has 0 fully saturated rings. The molecule has 5 nitrogen and oxygen atoms in total. The average molecular weight is 204 g/mol. The van der Waals surface area contributed by atoms with Crippen LogP contribution in [0, 0.1) is 0 Å². The lowest BCUT2D eigenvalue weighted by molar-refractivity contribution is -0.118. The van der Waals surface area contributed by atoms with Gasteiger partial charge in [-0.1, -0.05) is 12.1 Å². The Morgan fingerprint density at radius 2 is 2.27 bits per heavy atom. The summed E-state index contributed by atoms with van der Waals surface area (Å²) in [6.07, 6.45) is 1.61. The van der Waals surface area contributed by atoms with Crippen LogP contribution in [-0.4, -0.2) is 15.5 Å². The lowest BCUT2D eigenvalue weighted by Crippen LogP contribution is -2.17. The molecule has 2 aromatic rings. The number of rotatable bonds is 3. The van der Waals surface area contributed by atoms with Gasteiger partial charge in [-0.15, -0.1) is 0 Å². The van der Waals surface area contributed by atoms with Crippen LogP contribution >= 0.6 is 0 Å². The van der Waals surface area contributed by atoms with E-state index in [1.807, 2.05) is 18.2 Å². The zero-order chi connectivity index (χ0) is 10.8. The first-order chi connectivity index (χ1) is 7.22. The van der Waals surface area contributed by atoms with Crippen LogP contribution in [0.15, 0.2) is 24.5 Å². The predicted octanol–water partition coefficient (Wildman–Crippen LogP) is -0.0197. The molecule has 0 saturated heterocycles. The third kappa shape index (κ3) is 1.69. The zero-order valence-electron chi connectivity index (χ0n) is 8.18. The summed E-state index contributed by atoms with van der Waals surface area (Å²) in [5, 5.41) is 0. The van der Waals surface area contributed by atoms with E-state index in [2.05, 4.69) is 4.98 Å². The minimum absolute atomic E-state index is 0.143. The molecule has 15 heavy (non-hydrogen) atoms. The monoisotopic (exact) mass is 204 g/mol. The van der Waals surface area contributed by atoms with Gasteiger partial charge < -0.3 is 16.0 Å². The maximum atomic E-state index is 10.8. The van der Waals surface area contributed by atoms with E-state index in [-0.39, 0.29) is 12.5 Å². The Kier molecular flexibility index (Phi) is 2.39. The highest BCUT2D eigenvalue weighted by molar-refractivity contribution is 5.81. The summed E-state index contributed by atoms with van der Waals surface area (Å²) in [5.41, 5.74) is 13.4. The molecule has 0 saturated carbocycles. The standard InChI is InChI=1S/C10H12N4O/c11-4-7-2-1-3-8-10(7)13-6-14(8)5-9(12)15/h1-3,6H,4-5,11H2,(H2,12,15). The van der Waals surface area contributed by atoms with Crippen LogP contribution in [0.4, 0.5) is 0 Å². The maximum Gasteiger partial charge on any atom is 0.237 e. The topological polar surface area (TPSA) is 86.9 Å². The summed E-state index contributed by atoms with van der Waals surface area (Å²) >= 11 is 0. The van der Waals surface area contributed by atoms with Crippen molar-refractivity contribution in [2.24, 2.45) is 11.5 Å². The predicted molar refractivity (Wildman–Crippen MR) is 56.8 cm³/mol. The molecule has 1 amide bonds. The number of imidazole rings is 1. The number of carbonyl (C=O) groups excluding carboxylic acids is 1. The molecule has 0 bridgehead atoms. The fourth-order valence-corrected chi connectivity index (χ4v) is 1.61. The normalized spacial score (nSPS) is 10.7. The van der Waals surface area contributed by atoms with Crippen molar-refractivity contribution < 1.29 is 4.79 Å². The number of aromatic nitrogens is 2. The number of primary amides is 1. The number of benzene rings is 1. The molecule has 0 atom stereocenters. The molecule has 2 rings (SSSR count). The molecule has 78 valence electrons.